The van der Waals surface area contributed by atoms with Gasteiger partial charge in [0.2, 0.25) is 5.91 Å². The van der Waals surface area contributed by atoms with Crippen molar-refractivity contribution in [3.05, 3.63) is 63.9 Å². The summed E-state index contributed by atoms with van der Waals surface area (Å²) in [7, 11) is 0. The minimum atomic E-state index is -1.32. The average Bonchev–Trinajstić information content (AvgIpc) is 2.41. The van der Waals surface area contributed by atoms with Crippen LogP contribution in [0, 0.1) is 5.82 Å². The number of amides is 1. The molecule has 0 fully saturated rings. The fourth-order valence-corrected chi connectivity index (χ4v) is 2.53. The van der Waals surface area contributed by atoms with Gasteiger partial charge in [-0.2, -0.15) is 0 Å². The lowest BCUT2D eigenvalue weighted by atomic mass is 9.90. The van der Waals surface area contributed by atoms with Gasteiger partial charge in [-0.05, 0) is 31.2 Å². The summed E-state index contributed by atoms with van der Waals surface area (Å²) in [4.78, 5) is 11.9. The second-order valence-corrected chi connectivity index (χ2v) is 5.53. The van der Waals surface area contributed by atoms with E-state index in [0.29, 0.717) is 16.3 Å². The zero-order chi connectivity index (χ0) is 15.6. The van der Waals surface area contributed by atoms with Crippen LogP contribution in [0.4, 0.5) is 10.1 Å². The molecule has 1 amide bonds. The second kappa shape index (κ2) is 5.92. The van der Waals surface area contributed by atoms with Crippen molar-refractivity contribution in [2.24, 2.45) is 5.73 Å². The summed E-state index contributed by atoms with van der Waals surface area (Å²) in [6.45, 7) is 1.57. The highest BCUT2D eigenvalue weighted by Gasteiger charge is 2.35. The summed E-state index contributed by atoms with van der Waals surface area (Å²) in [5, 5.41) is 3.53. The molecular formula is C15H13Cl2FN2O. The Balaban J connectivity index is 2.51. The Morgan fingerprint density at radius 3 is 2.43 bits per heavy atom. The van der Waals surface area contributed by atoms with E-state index in [4.69, 9.17) is 28.9 Å². The molecule has 0 radical (unpaired) electrons. The molecular weight excluding hydrogens is 314 g/mol. The van der Waals surface area contributed by atoms with Crippen LogP contribution < -0.4 is 11.1 Å². The Labute approximate surface area is 131 Å². The first kappa shape index (κ1) is 15.6. The van der Waals surface area contributed by atoms with E-state index < -0.39 is 17.3 Å². The van der Waals surface area contributed by atoms with Gasteiger partial charge in [0.15, 0.2) is 0 Å². The Morgan fingerprint density at radius 1 is 1.19 bits per heavy atom. The van der Waals surface area contributed by atoms with Crippen molar-refractivity contribution in [3.8, 4) is 0 Å². The minimum absolute atomic E-state index is 0.107. The molecule has 0 aliphatic carbocycles. The highest BCUT2D eigenvalue weighted by molar-refractivity contribution is 6.33. The molecule has 6 heteroatoms. The predicted molar refractivity (Wildman–Crippen MR) is 83.0 cm³/mol. The molecule has 2 aromatic rings. The Morgan fingerprint density at radius 2 is 1.86 bits per heavy atom. The van der Waals surface area contributed by atoms with E-state index in [0.717, 1.165) is 6.07 Å². The average molecular weight is 327 g/mol. The lowest BCUT2D eigenvalue weighted by Gasteiger charge is -2.30. The molecule has 2 rings (SSSR count). The highest BCUT2D eigenvalue weighted by Crippen LogP contribution is 2.34. The van der Waals surface area contributed by atoms with Crippen LogP contribution in [0.3, 0.4) is 0 Å². The van der Waals surface area contributed by atoms with Crippen molar-refractivity contribution in [1.29, 1.82) is 0 Å². The maximum absolute atomic E-state index is 13.2. The molecule has 0 heterocycles. The molecule has 1 unspecified atom stereocenters. The van der Waals surface area contributed by atoms with Crippen LogP contribution in [0.5, 0.6) is 0 Å². The quantitative estimate of drug-likeness (QED) is 0.893. The van der Waals surface area contributed by atoms with E-state index in [2.05, 4.69) is 5.32 Å². The van der Waals surface area contributed by atoms with Crippen molar-refractivity contribution in [2.45, 2.75) is 12.5 Å². The van der Waals surface area contributed by atoms with Crippen LogP contribution in [-0.2, 0) is 10.3 Å². The SMILES string of the molecule is CC(Nc1ccccc1Cl)(C(N)=O)c1ccc(F)cc1Cl. The summed E-state index contributed by atoms with van der Waals surface area (Å²) in [6, 6.07) is 10.7. The summed E-state index contributed by atoms with van der Waals surface area (Å²) in [5.41, 5.74) is 5.09. The molecule has 0 spiro atoms. The number of hydrogen-bond donors (Lipinski definition) is 2. The molecule has 0 aliphatic heterocycles. The number of primary amides is 1. The molecule has 3 nitrogen and oxygen atoms in total. The van der Waals surface area contributed by atoms with Gasteiger partial charge < -0.3 is 11.1 Å². The van der Waals surface area contributed by atoms with E-state index in [9.17, 15) is 9.18 Å². The van der Waals surface area contributed by atoms with E-state index in [1.54, 1.807) is 31.2 Å². The molecule has 0 aromatic heterocycles. The predicted octanol–water partition coefficient (Wildman–Crippen LogP) is 3.95. The normalized spacial score (nSPS) is 13.5. The number of hydrogen-bond acceptors (Lipinski definition) is 2. The van der Waals surface area contributed by atoms with E-state index >= 15 is 0 Å². The number of halogens is 3. The minimum Gasteiger partial charge on any atom is -0.367 e. The van der Waals surface area contributed by atoms with Crippen LogP contribution in [0.25, 0.3) is 0 Å². The van der Waals surface area contributed by atoms with Gasteiger partial charge >= 0.3 is 0 Å². The summed E-state index contributed by atoms with van der Waals surface area (Å²) in [6.07, 6.45) is 0. The van der Waals surface area contributed by atoms with Gasteiger partial charge in [-0.3, -0.25) is 4.79 Å². The lowest BCUT2D eigenvalue weighted by molar-refractivity contribution is -0.122. The van der Waals surface area contributed by atoms with Gasteiger partial charge in [0, 0.05) is 10.6 Å². The largest absolute Gasteiger partial charge is 0.367 e. The number of nitrogens with one attached hydrogen (secondary N) is 1. The van der Waals surface area contributed by atoms with Crippen LogP contribution in [-0.4, -0.2) is 5.91 Å². The number of nitrogens with two attached hydrogens (primary N) is 1. The third-order valence-corrected chi connectivity index (χ3v) is 3.86. The number of carbonyl (C=O) groups excluding carboxylic acids is 1. The van der Waals surface area contributed by atoms with Gasteiger partial charge in [0.05, 0.1) is 10.7 Å². The molecule has 0 saturated carbocycles. The van der Waals surface area contributed by atoms with Crippen LogP contribution >= 0.6 is 23.2 Å². The lowest BCUT2D eigenvalue weighted by Crippen LogP contribution is -2.45. The fraction of sp³-hybridized carbons (Fsp3) is 0.133. The first-order valence-electron chi connectivity index (χ1n) is 6.13. The van der Waals surface area contributed by atoms with Gasteiger partial charge in [-0.25, -0.2) is 4.39 Å². The van der Waals surface area contributed by atoms with E-state index in [-0.39, 0.29) is 5.02 Å². The number of carbonyl (C=O) groups is 1. The monoisotopic (exact) mass is 326 g/mol. The zero-order valence-corrected chi connectivity index (χ0v) is 12.7. The van der Waals surface area contributed by atoms with Gasteiger partial charge in [-0.1, -0.05) is 41.4 Å². The molecule has 21 heavy (non-hydrogen) atoms. The smallest absolute Gasteiger partial charge is 0.247 e. The van der Waals surface area contributed by atoms with Gasteiger partial charge in [0.1, 0.15) is 11.4 Å². The summed E-state index contributed by atoms with van der Waals surface area (Å²) < 4.78 is 13.2. The third-order valence-electron chi connectivity index (χ3n) is 3.22. The zero-order valence-electron chi connectivity index (χ0n) is 11.2. The molecule has 0 aliphatic rings. The van der Waals surface area contributed by atoms with Gasteiger partial charge in [-0.15, -0.1) is 0 Å². The van der Waals surface area contributed by atoms with Gasteiger partial charge in [0.25, 0.3) is 0 Å². The molecule has 2 aromatic carbocycles. The first-order valence-corrected chi connectivity index (χ1v) is 6.88. The molecule has 110 valence electrons. The molecule has 1 atom stereocenters. The first-order chi connectivity index (χ1) is 9.84. The Bertz CT molecular complexity index is 693. The number of para-hydroxylation sites is 1. The Hall–Kier alpha value is -1.78. The second-order valence-electron chi connectivity index (χ2n) is 4.72. The standard InChI is InChI=1S/C15H13Cl2FN2O/c1-15(14(19)21,10-7-6-9(18)8-12(10)17)20-13-5-3-2-4-11(13)16/h2-8,20H,1H3,(H2,19,21). The fourth-order valence-electron chi connectivity index (χ4n) is 1.99. The molecule has 0 saturated heterocycles. The van der Waals surface area contributed by atoms with Crippen LogP contribution in [0.15, 0.2) is 42.5 Å². The van der Waals surface area contributed by atoms with E-state index in [1.807, 2.05) is 0 Å². The summed E-state index contributed by atoms with van der Waals surface area (Å²) >= 11 is 12.1. The molecule has 3 N–H and O–H groups in total. The number of rotatable bonds is 4. The van der Waals surface area contributed by atoms with Crippen LogP contribution in [0.2, 0.25) is 10.0 Å². The maximum atomic E-state index is 13.2. The summed E-state index contributed by atoms with van der Waals surface area (Å²) in [5.74, 6) is -1.15. The van der Waals surface area contributed by atoms with Crippen molar-refractivity contribution in [1.82, 2.24) is 0 Å². The maximum Gasteiger partial charge on any atom is 0.247 e. The number of benzene rings is 2. The van der Waals surface area contributed by atoms with Crippen molar-refractivity contribution >= 4 is 34.8 Å². The highest BCUT2D eigenvalue weighted by atomic mass is 35.5. The van der Waals surface area contributed by atoms with Crippen molar-refractivity contribution in [3.63, 3.8) is 0 Å². The van der Waals surface area contributed by atoms with Crippen molar-refractivity contribution in [2.75, 3.05) is 5.32 Å². The number of anilines is 1. The van der Waals surface area contributed by atoms with Crippen molar-refractivity contribution < 1.29 is 9.18 Å². The van der Waals surface area contributed by atoms with E-state index in [1.165, 1.54) is 12.1 Å². The topological polar surface area (TPSA) is 55.1 Å². The molecule has 0 bridgehead atoms. The Kier molecular flexibility index (Phi) is 4.40. The third kappa shape index (κ3) is 3.12. The van der Waals surface area contributed by atoms with Crippen LogP contribution in [0.1, 0.15) is 12.5 Å².